The minimum absolute atomic E-state index is 0.228. The summed E-state index contributed by atoms with van der Waals surface area (Å²) in [7, 11) is 0. The van der Waals surface area contributed by atoms with E-state index in [9.17, 15) is 4.79 Å². The van der Waals surface area contributed by atoms with Crippen molar-refractivity contribution in [2.75, 3.05) is 0 Å². The van der Waals surface area contributed by atoms with Crippen molar-refractivity contribution in [1.82, 2.24) is 0 Å². The zero-order chi connectivity index (χ0) is 17.6. The number of benzene rings is 1. The first-order valence-electron chi connectivity index (χ1n) is 10.5. The minimum Gasteiger partial charge on any atom is -0.295 e. The quantitative estimate of drug-likeness (QED) is 0.522. The molecule has 0 aliphatic heterocycles. The predicted molar refractivity (Wildman–Crippen MR) is 106 cm³/mol. The summed E-state index contributed by atoms with van der Waals surface area (Å²) in [4.78, 5) is 11.8. The highest BCUT2D eigenvalue weighted by Gasteiger charge is 2.26. The van der Waals surface area contributed by atoms with Crippen molar-refractivity contribution in [3.05, 3.63) is 48.0 Å². The van der Waals surface area contributed by atoms with Crippen LogP contribution in [-0.4, -0.2) is 5.78 Å². The van der Waals surface area contributed by atoms with Crippen LogP contribution in [0.3, 0.4) is 0 Å². The van der Waals surface area contributed by atoms with E-state index in [1.807, 2.05) is 0 Å². The molecule has 2 aliphatic carbocycles. The van der Waals surface area contributed by atoms with Gasteiger partial charge in [-0.3, -0.25) is 4.79 Å². The van der Waals surface area contributed by atoms with Crippen LogP contribution in [0, 0.1) is 11.8 Å². The topological polar surface area (TPSA) is 17.1 Å². The van der Waals surface area contributed by atoms with Gasteiger partial charge in [-0.05, 0) is 86.3 Å². The Morgan fingerprint density at radius 1 is 0.920 bits per heavy atom. The monoisotopic (exact) mass is 338 g/mol. The molecule has 1 aromatic carbocycles. The largest absolute Gasteiger partial charge is 0.295 e. The first kappa shape index (κ1) is 18.4. The molecule has 0 atom stereocenters. The fraction of sp³-hybridized carbons (Fsp3) is 0.625. The molecule has 136 valence electrons. The summed E-state index contributed by atoms with van der Waals surface area (Å²) in [6.07, 6.45) is 14.2. The lowest BCUT2D eigenvalue weighted by Gasteiger charge is -2.30. The molecule has 2 aliphatic rings. The number of rotatable bonds is 6. The molecule has 1 nitrogen and oxygen atoms in total. The van der Waals surface area contributed by atoms with Crippen molar-refractivity contribution in [3.8, 4) is 0 Å². The molecule has 0 saturated heterocycles. The second-order valence-corrected chi connectivity index (χ2v) is 8.33. The Kier molecular flexibility index (Phi) is 6.51. The van der Waals surface area contributed by atoms with Crippen LogP contribution in [0.1, 0.15) is 94.1 Å². The van der Waals surface area contributed by atoms with Gasteiger partial charge < -0.3 is 0 Å². The Labute approximate surface area is 153 Å². The van der Waals surface area contributed by atoms with Crippen LogP contribution in [0.2, 0.25) is 0 Å². The van der Waals surface area contributed by atoms with Gasteiger partial charge >= 0.3 is 0 Å². The highest BCUT2D eigenvalue weighted by atomic mass is 16.1. The summed E-state index contributed by atoms with van der Waals surface area (Å²) in [6.45, 7) is 5.94. The van der Waals surface area contributed by atoms with Gasteiger partial charge in [-0.2, -0.15) is 0 Å². The minimum atomic E-state index is 0.228. The third-order valence-corrected chi connectivity index (χ3v) is 6.75. The van der Waals surface area contributed by atoms with Gasteiger partial charge in [-0.25, -0.2) is 0 Å². The maximum atomic E-state index is 11.8. The van der Waals surface area contributed by atoms with Crippen molar-refractivity contribution >= 4 is 5.78 Å². The Bertz CT molecular complexity index is 554. The lowest BCUT2D eigenvalue weighted by Crippen LogP contribution is -2.19. The van der Waals surface area contributed by atoms with E-state index >= 15 is 0 Å². The van der Waals surface area contributed by atoms with E-state index in [-0.39, 0.29) is 11.7 Å². The second-order valence-electron chi connectivity index (χ2n) is 8.33. The Morgan fingerprint density at radius 2 is 1.40 bits per heavy atom. The molecule has 2 saturated carbocycles. The van der Waals surface area contributed by atoms with Gasteiger partial charge in [0.05, 0.1) is 0 Å². The first-order valence-corrected chi connectivity index (χ1v) is 10.5. The second kappa shape index (κ2) is 8.83. The van der Waals surface area contributed by atoms with Crippen molar-refractivity contribution in [2.45, 2.75) is 83.0 Å². The lowest BCUT2D eigenvalue weighted by molar-refractivity contribution is -0.119. The van der Waals surface area contributed by atoms with Crippen LogP contribution in [-0.2, 0) is 4.79 Å². The number of hydrogen-bond acceptors (Lipinski definition) is 1. The van der Waals surface area contributed by atoms with Crippen LogP contribution in [0.4, 0.5) is 0 Å². The van der Waals surface area contributed by atoms with Crippen molar-refractivity contribution in [1.29, 1.82) is 0 Å². The molecule has 2 fully saturated rings. The summed E-state index contributed by atoms with van der Waals surface area (Å²) in [5, 5.41) is 0. The molecule has 0 N–H and O–H groups in total. The van der Waals surface area contributed by atoms with Gasteiger partial charge in [0.15, 0.2) is 5.78 Å². The average Bonchev–Trinajstić information content (AvgIpc) is 2.68. The highest BCUT2D eigenvalue weighted by Crippen LogP contribution is 2.39. The lowest BCUT2D eigenvalue weighted by atomic mass is 9.75. The molecule has 0 bridgehead atoms. The van der Waals surface area contributed by atoms with Crippen LogP contribution < -0.4 is 0 Å². The molecule has 25 heavy (non-hydrogen) atoms. The molecular formula is C24H34O. The summed E-state index contributed by atoms with van der Waals surface area (Å²) < 4.78 is 0. The van der Waals surface area contributed by atoms with Crippen molar-refractivity contribution < 1.29 is 4.79 Å². The first-order chi connectivity index (χ1) is 12.2. The van der Waals surface area contributed by atoms with E-state index in [1.54, 1.807) is 5.56 Å². The van der Waals surface area contributed by atoms with Crippen LogP contribution in [0.15, 0.2) is 36.9 Å². The van der Waals surface area contributed by atoms with Crippen LogP contribution in [0.25, 0.3) is 0 Å². The van der Waals surface area contributed by atoms with Gasteiger partial charge in [0, 0.05) is 5.92 Å². The molecule has 0 unspecified atom stereocenters. The maximum absolute atomic E-state index is 11.8. The van der Waals surface area contributed by atoms with Crippen molar-refractivity contribution in [2.24, 2.45) is 11.8 Å². The fourth-order valence-corrected chi connectivity index (χ4v) is 5.11. The van der Waals surface area contributed by atoms with Crippen LogP contribution >= 0.6 is 0 Å². The molecule has 0 radical (unpaired) electrons. The van der Waals surface area contributed by atoms with E-state index in [4.69, 9.17) is 0 Å². The van der Waals surface area contributed by atoms with Crippen LogP contribution in [0.5, 0.6) is 0 Å². The van der Waals surface area contributed by atoms with E-state index in [0.29, 0.717) is 5.92 Å². The molecular weight excluding hydrogens is 304 g/mol. The Morgan fingerprint density at radius 3 is 1.84 bits per heavy atom. The molecule has 0 aromatic heterocycles. The van der Waals surface area contributed by atoms with Crippen molar-refractivity contribution in [3.63, 3.8) is 0 Å². The maximum Gasteiger partial charge on any atom is 0.158 e. The van der Waals surface area contributed by atoms with Gasteiger partial charge in [-0.15, -0.1) is 0 Å². The number of ketones is 1. The van der Waals surface area contributed by atoms with E-state index in [2.05, 4.69) is 37.8 Å². The normalized spacial score (nSPS) is 30.0. The Balaban J connectivity index is 1.53. The third kappa shape index (κ3) is 4.63. The molecule has 0 spiro atoms. The summed E-state index contributed by atoms with van der Waals surface area (Å²) >= 11 is 0. The van der Waals surface area contributed by atoms with Gasteiger partial charge in [-0.1, -0.05) is 50.6 Å². The van der Waals surface area contributed by atoms with E-state index < -0.39 is 0 Å². The molecule has 1 heteroatoms. The number of carbonyl (C=O) groups excluding carboxylic acids is 1. The SMILES string of the molecule is C=CC(=O)C1CCC(c2ccc(C3CCC(CCC)CC3)cc2)CC1. The smallest absolute Gasteiger partial charge is 0.158 e. The van der Waals surface area contributed by atoms with Gasteiger partial charge in [0.2, 0.25) is 0 Å². The Hall–Kier alpha value is -1.37. The highest BCUT2D eigenvalue weighted by molar-refractivity contribution is 5.91. The zero-order valence-electron chi connectivity index (χ0n) is 15.9. The zero-order valence-corrected chi connectivity index (χ0v) is 15.9. The fourth-order valence-electron chi connectivity index (χ4n) is 5.11. The molecule has 1 aromatic rings. The molecule has 0 amide bonds. The number of carbonyl (C=O) groups is 1. The molecule has 0 heterocycles. The number of hydrogen-bond donors (Lipinski definition) is 0. The number of allylic oxidation sites excluding steroid dienone is 1. The predicted octanol–water partition coefficient (Wildman–Crippen LogP) is 6.79. The van der Waals surface area contributed by atoms with Gasteiger partial charge in [0.1, 0.15) is 0 Å². The molecule has 3 rings (SSSR count). The average molecular weight is 339 g/mol. The van der Waals surface area contributed by atoms with E-state index in [1.165, 1.54) is 50.2 Å². The van der Waals surface area contributed by atoms with E-state index in [0.717, 1.165) is 37.5 Å². The van der Waals surface area contributed by atoms with Gasteiger partial charge in [0.25, 0.3) is 0 Å². The summed E-state index contributed by atoms with van der Waals surface area (Å²) in [6, 6.07) is 9.52. The standard InChI is InChI=1S/C24H34O/c1-3-5-18-6-8-19(9-7-18)20-10-12-21(13-11-20)22-14-16-23(17-15-22)24(25)4-2/h4,10-13,18-19,22-23H,2-3,5-9,14-17H2,1H3. The summed E-state index contributed by atoms with van der Waals surface area (Å²) in [5.74, 6) is 2.87. The third-order valence-electron chi connectivity index (χ3n) is 6.75. The summed E-state index contributed by atoms with van der Waals surface area (Å²) in [5.41, 5.74) is 3.03.